The summed E-state index contributed by atoms with van der Waals surface area (Å²) in [4.78, 5) is 35.7. The van der Waals surface area contributed by atoms with Gasteiger partial charge in [0.15, 0.2) is 5.78 Å². The molecule has 174 valence electrons. The molecule has 0 aliphatic heterocycles. The summed E-state index contributed by atoms with van der Waals surface area (Å²) in [5.41, 5.74) is 13.7. The van der Waals surface area contributed by atoms with Gasteiger partial charge in [0.05, 0.1) is 34.5 Å². The fourth-order valence-corrected chi connectivity index (χ4v) is 4.06. The highest BCUT2D eigenvalue weighted by Crippen LogP contribution is 2.38. The van der Waals surface area contributed by atoms with Gasteiger partial charge in [-0.05, 0) is 44.2 Å². The lowest BCUT2D eigenvalue weighted by Crippen LogP contribution is -2.32. The molecule has 0 radical (unpaired) electrons. The number of fused-ring (bicyclic) bond motifs is 1. The third-order valence-corrected chi connectivity index (χ3v) is 5.75. The van der Waals surface area contributed by atoms with E-state index < -0.39 is 6.03 Å². The SMILES string of the molecule is COc1ccc(C(=O)c2cn(C(C)C)c3ncnc(N)c23)cc1N(C(N)=O)c1ccccc1Cl. The van der Waals surface area contributed by atoms with E-state index in [1.54, 1.807) is 42.6 Å². The predicted molar refractivity (Wildman–Crippen MR) is 132 cm³/mol. The van der Waals surface area contributed by atoms with Crippen LogP contribution in [-0.2, 0) is 0 Å². The Kier molecular flexibility index (Phi) is 6.12. The van der Waals surface area contributed by atoms with E-state index in [1.165, 1.54) is 24.4 Å². The number of ketones is 1. The Morgan fingerprint density at radius 2 is 1.85 bits per heavy atom. The van der Waals surface area contributed by atoms with Gasteiger partial charge in [0.2, 0.25) is 0 Å². The van der Waals surface area contributed by atoms with Crippen molar-refractivity contribution >= 4 is 51.6 Å². The summed E-state index contributed by atoms with van der Waals surface area (Å²) in [6.07, 6.45) is 3.08. The van der Waals surface area contributed by atoms with Crippen molar-refractivity contribution in [1.29, 1.82) is 0 Å². The van der Waals surface area contributed by atoms with Crippen molar-refractivity contribution in [3.8, 4) is 5.75 Å². The third kappa shape index (κ3) is 3.90. The number of para-hydroxylation sites is 1. The second-order valence-electron chi connectivity index (χ2n) is 7.84. The first-order valence-electron chi connectivity index (χ1n) is 10.4. The van der Waals surface area contributed by atoms with Crippen LogP contribution in [-0.4, -0.2) is 33.5 Å². The topological polar surface area (TPSA) is 129 Å². The summed E-state index contributed by atoms with van der Waals surface area (Å²) in [7, 11) is 1.46. The Hall–Kier alpha value is -4.11. The molecule has 0 saturated heterocycles. The number of primary amides is 1. The highest BCUT2D eigenvalue weighted by molar-refractivity contribution is 6.34. The Labute approximate surface area is 200 Å². The van der Waals surface area contributed by atoms with E-state index in [0.29, 0.717) is 38.6 Å². The van der Waals surface area contributed by atoms with Crippen molar-refractivity contribution < 1.29 is 14.3 Å². The van der Waals surface area contributed by atoms with E-state index in [-0.39, 0.29) is 23.3 Å². The van der Waals surface area contributed by atoms with Crippen LogP contribution >= 0.6 is 11.6 Å². The van der Waals surface area contributed by atoms with Crippen molar-refractivity contribution in [2.24, 2.45) is 5.73 Å². The summed E-state index contributed by atoms with van der Waals surface area (Å²) < 4.78 is 7.32. The number of benzene rings is 2. The van der Waals surface area contributed by atoms with Crippen LogP contribution in [0.15, 0.2) is 55.0 Å². The maximum absolute atomic E-state index is 13.7. The van der Waals surface area contributed by atoms with Crippen LogP contribution in [0.25, 0.3) is 11.0 Å². The zero-order valence-corrected chi connectivity index (χ0v) is 19.6. The number of methoxy groups -OCH3 is 1. The minimum Gasteiger partial charge on any atom is -0.495 e. The van der Waals surface area contributed by atoms with Crippen molar-refractivity contribution in [1.82, 2.24) is 14.5 Å². The van der Waals surface area contributed by atoms with Gasteiger partial charge in [-0.25, -0.2) is 14.8 Å². The number of nitrogen functional groups attached to an aromatic ring is 1. The van der Waals surface area contributed by atoms with Gasteiger partial charge in [0.1, 0.15) is 23.5 Å². The molecule has 0 bridgehead atoms. The molecule has 0 aliphatic rings. The number of nitrogens with two attached hydrogens (primary N) is 2. The van der Waals surface area contributed by atoms with Gasteiger partial charge in [0, 0.05) is 17.8 Å². The molecule has 9 nitrogen and oxygen atoms in total. The smallest absolute Gasteiger partial charge is 0.324 e. The normalized spacial score (nSPS) is 11.1. The van der Waals surface area contributed by atoms with Gasteiger partial charge in [0.25, 0.3) is 0 Å². The number of hydrogen-bond acceptors (Lipinski definition) is 6. The zero-order chi connectivity index (χ0) is 24.6. The van der Waals surface area contributed by atoms with E-state index in [9.17, 15) is 9.59 Å². The lowest BCUT2D eigenvalue weighted by atomic mass is 10.0. The Bertz CT molecular complexity index is 1420. The lowest BCUT2D eigenvalue weighted by molar-refractivity contribution is 0.104. The molecule has 10 heteroatoms. The van der Waals surface area contributed by atoms with Gasteiger partial charge in [-0.2, -0.15) is 0 Å². The second-order valence-corrected chi connectivity index (χ2v) is 8.25. The number of rotatable bonds is 6. The van der Waals surface area contributed by atoms with Gasteiger partial charge in [-0.15, -0.1) is 0 Å². The van der Waals surface area contributed by atoms with E-state index in [0.717, 1.165) is 0 Å². The molecule has 0 atom stereocenters. The first-order chi connectivity index (χ1) is 16.2. The van der Waals surface area contributed by atoms with E-state index in [2.05, 4.69) is 9.97 Å². The molecular weight excluding hydrogens is 456 g/mol. The van der Waals surface area contributed by atoms with Gasteiger partial charge >= 0.3 is 6.03 Å². The van der Waals surface area contributed by atoms with Crippen LogP contribution in [0.5, 0.6) is 5.75 Å². The van der Waals surface area contributed by atoms with Crippen LogP contribution in [0.1, 0.15) is 35.8 Å². The van der Waals surface area contributed by atoms with Crippen molar-refractivity contribution in [2.75, 3.05) is 17.7 Å². The van der Waals surface area contributed by atoms with Crippen LogP contribution in [0.3, 0.4) is 0 Å². The molecule has 4 rings (SSSR count). The molecule has 0 unspecified atom stereocenters. The lowest BCUT2D eigenvalue weighted by Gasteiger charge is -2.24. The van der Waals surface area contributed by atoms with Crippen molar-refractivity contribution in [3.63, 3.8) is 0 Å². The molecule has 2 heterocycles. The number of urea groups is 1. The van der Waals surface area contributed by atoms with Crippen LogP contribution in [0.4, 0.5) is 22.0 Å². The number of hydrogen-bond donors (Lipinski definition) is 2. The number of amides is 2. The summed E-state index contributed by atoms with van der Waals surface area (Å²) in [6, 6.07) is 10.7. The number of ether oxygens (including phenoxy) is 1. The molecule has 0 fully saturated rings. The highest BCUT2D eigenvalue weighted by atomic mass is 35.5. The van der Waals surface area contributed by atoms with E-state index in [4.69, 9.17) is 27.8 Å². The quantitative estimate of drug-likeness (QED) is 0.386. The average Bonchev–Trinajstić information content (AvgIpc) is 3.21. The predicted octanol–water partition coefficient (Wildman–Crippen LogP) is 4.70. The standard InChI is InChI=1S/C24H23ClN6O3/c1-13(2)30-11-15(20-22(26)28-12-29-23(20)30)21(32)14-8-9-19(34-3)18(10-14)31(24(27)33)17-7-5-4-6-16(17)25/h4-13H,1-3H3,(H2,27,33)(H2,26,28,29). The van der Waals surface area contributed by atoms with E-state index in [1.807, 2.05) is 18.4 Å². The molecule has 34 heavy (non-hydrogen) atoms. The van der Waals surface area contributed by atoms with E-state index >= 15 is 0 Å². The Morgan fingerprint density at radius 3 is 2.50 bits per heavy atom. The van der Waals surface area contributed by atoms with Crippen molar-refractivity contribution in [2.45, 2.75) is 19.9 Å². The van der Waals surface area contributed by atoms with Crippen molar-refractivity contribution in [3.05, 3.63) is 71.1 Å². The molecule has 2 aromatic carbocycles. The van der Waals surface area contributed by atoms with Crippen LogP contribution in [0.2, 0.25) is 5.02 Å². The first-order valence-corrected chi connectivity index (χ1v) is 10.8. The molecule has 2 amide bonds. The molecule has 4 N–H and O–H groups in total. The Morgan fingerprint density at radius 1 is 1.12 bits per heavy atom. The molecule has 2 aromatic heterocycles. The fourth-order valence-electron chi connectivity index (χ4n) is 3.84. The zero-order valence-electron chi connectivity index (χ0n) is 18.8. The number of carbonyl (C=O) groups is 2. The molecular formula is C24H23ClN6O3. The average molecular weight is 479 g/mol. The molecule has 4 aromatic rings. The fraction of sp³-hybridized carbons (Fsp3) is 0.167. The first kappa shape index (κ1) is 23.1. The van der Waals surface area contributed by atoms with Crippen LogP contribution in [0, 0.1) is 0 Å². The maximum atomic E-state index is 13.7. The third-order valence-electron chi connectivity index (χ3n) is 5.44. The second kappa shape index (κ2) is 9.03. The monoisotopic (exact) mass is 478 g/mol. The number of halogens is 1. The molecule has 0 saturated carbocycles. The van der Waals surface area contributed by atoms with Gasteiger partial charge < -0.3 is 20.8 Å². The summed E-state index contributed by atoms with van der Waals surface area (Å²) in [5, 5.41) is 0.779. The summed E-state index contributed by atoms with van der Waals surface area (Å²) in [5.74, 6) is 0.220. The minimum absolute atomic E-state index is 0.0374. The minimum atomic E-state index is -0.787. The van der Waals surface area contributed by atoms with Gasteiger partial charge in [-0.3, -0.25) is 9.69 Å². The highest BCUT2D eigenvalue weighted by Gasteiger charge is 2.25. The maximum Gasteiger partial charge on any atom is 0.324 e. The largest absolute Gasteiger partial charge is 0.495 e. The molecule has 0 spiro atoms. The summed E-state index contributed by atoms with van der Waals surface area (Å²) >= 11 is 6.33. The van der Waals surface area contributed by atoms with Crippen LogP contribution < -0.4 is 21.1 Å². The number of nitrogens with zero attached hydrogens (tertiary/aromatic N) is 4. The summed E-state index contributed by atoms with van der Waals surface area (Å²) in [6.45, 7) is 3.96. The van der Waals surface area contributed by atoms with Gasteiger partial charge in [-0.1, -0.05) is 23.7 Å². The number of anilines is 3. The number of carbonyl (C=O) groups excluding carboxylic acids is 2. The number of aromatic nitrogens is 3. The molecule has 0 aliphatic carbocycles. The Balaban J connectivity index is 1.90.